The molecule has 0 aromatic rings. The van der Waals surface area contributed by atoms with Crippen molar-refractivity contribution in [2.24, 2.45) is 5.92 Å². The Hall–Kier alpha value is -1.30. The molecule has 0 aromatic heterocycles. The van der Waals surface area contributed by atoms with E-state index in [2.05, 4.69) is 0 Å². The highest BCUT2D eigenvalue weighted by molar-refractivity contribution is 5.81. The predicted octanol–water partition coefficient (Wildman–Crippen LogP) is 1.38. The molecule has 0 spiro atoms. The van der Waals surface area contributed by atoms with Crippen LogP contribution in [0.25, 0.3) is 0 Å². The van der Waals surface area contributed by atoms with Gasteiger partial charge in [-0.25, -0.2) is 4.79 Å². The van der Waals surface area contributed by atoms with Crippen LogP contribution in [0, 0.1) is 5.92 Å². The average Bonchev–Trinajstić information content (AvgIpc) is 2.33. The van der Waals surface area contributed by atoms with E-state index in [-0.39, 0.29) is 24.6 Å². The standard InChI is InChI=1S/C14H26N2O4/c1-10(17)11-5-7-15(8-6-11)13(20)16(9-12(18)19)14(2,3)4/h10-11,17H,5-9H2,1-4H3,(H,18,19). The second-order valence-corrected chi connectivity index (χ2v) is 6.50. The van der Waals surface area contributed by atoms with E-state index < -0.39 is 11.5 Å². The van der Waals surface area contributed by atoms with Gasteiger partial charge in [0, 0.05) is 18.6 Å². The Morgan fingerprint density at radius 2 is 1.80 bits per heavy atom. The molecule has 1 heterocycles. The smallest absolute Gasteiger partial charge is 0.323 e. The molecule has 1 aliphatic rings. The van der Waals surface area contributed by atoms with Crippen molar-refractivity contribution in [3.63, 3.8) is 0 Å². The van der Waals surface area contributed by atoms with Gasteiger partial charge in [0.2, 0.25) is 0 Å². The summed E-state index contributed by atoms with van der Waals surface area (Å²) in [7, 11) is 0. The maximum absolute atomic E-state index is 12.5. The maximum atomic E-state index is 12.5. The second kappa shape index (κ2) is 6.43. The summed E-state index contributed by atoms with van der Waals surface area (Å²) in [4.78, 5) is 26.5. The molecule has 1 unspecified atom stereocenters. The van der Waals surface area contributed by atoms with Gasteiger partial charge in [0.25, 0.3) is 0 Å². The molecule has 20 heavy (non-hydrogen) atoms. The maximum Gasteiger partial charge on any atom is 0.323 e. The molecule has 1 aliphatic heterocycles. The number of likely N-dealkylation sites (tertiary alicyclic amines) is 1. The zero-order valence-electron chi connectivity index (χ0n) is 12.8. The van der Waals surface area contributed by atoms with E-state index in [0.717, 1.165) is 12.8 Å². The third-order valence-corrected chi connectivity index (χ3v) is 3.83. The Labute approximate surface area is 120 Å². The summed E-state index contributed by atoms with van der Waals surface area (Å²) in [6, 6.07) is -0.232. The van der Waals surface area contributed by atoms with Crippen molar-refractivity contribution in [1.29, 1.82) is 0 Å². The lowest BCUT2D eigenvalue weighted by atomic mass is 9.92. The molecule has 1 atom stereocenters. The van der Waals surface area contributed by atoms with E-state index in [4.69, 9.17) is 5.11 Å². The second-order valence-electron chi connectivity index (χ2n) is 6.50. The number of hydrogen-bond acceptors (Lipinski definition) is 3. The summed E-state index contributed by atoms with van der Waals surface area (Å²) in [6.07, 6.45) is 1.16. The van der Waals surface area contributed by atoms with Crippen LogP contribution in [0.5, 0.6) is 0 Å². The van der Waals surface area contributed by atoms with Gasteiger partial charge in [-0.2, -0.15) is 0 Å². The number of aliphatic hydroxyl groups is 1. The highest BCUT2D eigenvalue weighted by Gasteiger charge is 2.34. The number of amides is 2. The van der Waals surface area contributed by atoms with Crippen molar-refractivity contribution in [1.82, 2.24) is 9.80 Å². The van der Waals surface area contributed by atoms with Crippen molar-refractivity contribution >= 4 is 12.0 Å². The minimum absolute atomic E-state index is 0.224. The molecule has 2 N–H and O–H groups in total. The van der Waals surface area contributed by atoms with Crippen LogP contribution < -0.4 is 0 Å². The van der Waals surface area contributed by atoms with Crippen molar-refractivity contribution in [3.05, 3.63) is 0 Å². The number of nitrogens with zero attached hydrogens (tertiary/aromatic N) is 2. The Bertz CT molecular complexity index is 355. The third kappa shape index (κ3) is 4.37. The Morgan fingerprint density at radius 1 is 1.30 bits per heavy atom. The number of carbonyl (C=O) groups excluding carboxylic acids is 1. The zero-order valence-corrected chi connectivity index (χ0v) is 12.8. The molecule has 6 heteroatoms. The molecule has 0 bridgehead atoms. The predicted molar refractivity (Wildman–Crippen MR) is 75.5 cm³/mol. The minimum Gasteiger partial charge on any atom is -0.480 e. The van der Waals surface area contributed by atoms with Crippen LogP contribution in [-0.4, -0.2) is 63.3 Å². The molecule has 1 fully saturated rings. The molecule has 0 aromatic carbocycles. The molecule has 2 amide bonds. The quantitative estimate of drug-likeness (QED) is 0.821. The van der Waals surface area contributed by atoms with Crippen molar-refractivity contribution < 1.29 is 19.8 Å². The van der Waals surface area contributed by atoms with Crippen LogP contribution in [0.2, 0.25) is 0 Å². The SMILES string of the molecule is CC(O)C1CCN(C(=O)N(CC(=O)O)C(C)(C)C)CC1. The van der Waals surface area contributed by atoms with Crippen molar-refractivity contribution in [2.75, 3.05) is 19.6 Å². The number of piperidine rings is 1. The topological polar surface area (TPSA) is 81.1 Å². The Morgan fingerprint density at radius 3 is 2.15 bits per heavy atom. The number of carbonyl (C=O) groups is 2. The normalized spacial score (nSPS) is 18.8. The summed E-state index contributed by atoms with van der Waals surface area (Å²) in [5.41, 5.74) is -0.531. The van der Waals surface area contributed by atoms with E-state index in [0.29, 0.717) is 13.1 Å². The first-order valence-electron chi connectivity index (χ1n) is 7.09. The van der Waals surface area contributed by atoms with Gasteiger partial charge in [-0.3, -0.25) is 4.79 Å². The average molecular weight is 286 g/mol. The summed E-state index contributed by atoms with van der Waals surface area (Å²) >= 11 is 0. The zero-order chi connectivity index (χ0) is 15.5. The van der Waals surface area contributed by atoms with Gasteiger partial charge in [-0.15, -0.1) is 0 Å². The van der Waals surface area contributed by atoms with Crippen molar-refractivity contribution in [2.45, 2.75) is 52.2 Å². The first-order chi connectivity index (χ1) is 9.12. The molecule has 0 saturated carbocycles. The molecule has 116 valence electrons. The molecule has 1 rings (SSSR count). The number of carboxylic acid groups (broad SMARTS) is 1. The number of aliphatic carboxylic acids is 1. The molecular formula is C14H26N2O4. The van der Waals surface area contributed by atoms with E-state index >= 15 is 0 Å². The molecular weight excluding hydrogens is 260 g/mol. The number of rotatable bonds is 3. The molecule has 0 aliphatic carbocycles. The van der Waals surface area contributed by atoms with E-state index in [1.165, 1.54) is 4.90 Å². The van der Waals surface area contributed by atoms with Crippen molar-refractivity contribution in [3.8, 4) is 0 Å². The largest absolute Gasteiger partial charge is 0.480 e. The first-order valence-corrected chi connectivity index (χ1v) is 7.09. The van der Waals surface area contributed by atoms with E-state index in [1.54, 1.807) is 11.8 Å². The number of hydrogen-bond donors (Lipinski definition) is 2. The minimum atomic E-state index is -1.01. The monoisotopic (exact) mass is 286 g/mol. The van der Waals surface area contributed by atoms with Gasteiger partial charge in [0.15, 0.2) is 0 Å². The van der Waals surface area contributed by atoms with Gasteiger partial charge >= 0.3 is 12.0 Å². The number of aliphatic hydroxyl groups excluding tert-OH is 1. The summed E-state index contributed by atoms with van der Waals surface area (Å²) in [5, 5.41) is 18.5. The lowest BCUT2D eigenvalue weighted by molar-refractivity contribution is -0.138. The summed E-state index contributed by atoms with van der Waals surface area (Å²) in [5.74, 6) is -0.784. The Balaban J connectivity index is 2.70. The van der Waals surface area contributed by atoms with Crippen LogP contribution in [-0.2, 0) is 4.79 Å². The fourth-order valence-corrected chi connectivity index (χ4v) is 2.47. The van der Waals surface area contributed by atoms with Gasteiger partial charge in [0.1, 0.15) is 6.54 Å². The van der Waals surface area contributed by atoms with Gasteiger partial charge in [0.05, 0.1) is 6.10 Å². The highest BCUT2D eigenvalue weighted by Crippen LogP contribution is 2.23. The van der Waals surface area contributed by atoms with Crippen LogP contribution in [0.15, 0.2) is 0 Å². The Kier molecular flexibility index (Phi) is 5.39. The van der Waals surface area contributed by atoms with E-state index in [9.17, 15) is 14.7 Å². The third-order valence-electron chi connectivity index (χ3n) is 3.83. The van der Waals surface area contributed by atoms with Crippen LogP contribution in [0.4, 0.5) is 4.79 Å². The lowest BCUT2D eigenvalue weighted by Gasteiger charge is -2.41. The van der Waals surface area contributed by atoms with Crippen LogP contribution in [0.3, 0.4) is 0 Å². The number of carboxylic acids is 1. The van der Waals surface area contributed by atoms with Crippen LogP contribution >= 0.6 is 0 Å². The molecule has 6 nitrogen and oxygen atoms in total. The first kappa shape index (κ1) is 16.8. The highest BCUT2D eigenvalue weighted by atomic mass is 16.4. The van der Waals surface area contributed by atoms with E-state index in [1.807, 2.05) is 20.8 Å². The van der Waals surface area contributed by atoms with Gasteiger partial charge in [-0.05, 0) is 46.5 Å². The fraction of sp³-hybridized carbons (Fsp3) is 0.857. The summed E-state index contributed by atoms with van der Waals surface area (Å²) in [6.45, 7) is 8.11. The summed E-state index contributed by atoms with van der Waals surface area (Å²) < 4.78 is 0. The lowest BCUT2D eigenvalue weighted by Crippen LogP contribution is -2.55. The molecule has 1 saturated heterocycles. The van der Waals surface area contributed by atoms with Gasteiger partial charge < -0.3 is 20.0 Å². The fourth-order valence-electron chi connectivity index (χ4n) is 2.47. The van der Waals surface area contributed by atoms with Gasteiger partial charge in [-0.1, -0.05) is 0 Å². The number of urea groups is 1. The molecule has 0 radical (unpaired) electrons. The van der Waals surface area contributed by atoms with Crippen LogP contribution in [0.1, 0.15) is 40.5 Å².